The average Bonchev–Trinajstić information content (AvgIpc) is 2.79. The highest BCUT2D eigenvalue weighted by molar-refractivity contribution is 6.42. The number of guanidine groups is 1. The van der Waals surface area contributed by atoms with Crippen LogP contribution in [-0.2, 0) is 11.3 Å². The van der Waals surface area contributed by atoms with E-state index in [0.29, 0.717) is 27.6 Å². The van der Waals surface area contributed by atoms with Gasteiger partial charge in [0.25, 0.3) is 5.91 Å². The Balaban J connectivity index is 2.53. The van der Waals surface area contributed by atoms with Crippen LogP contribution in [0.3, 0.4) is 0 Å². The first kappa shape index (κ1) is 29.1. The number of nitrogens with two attached hydrogens (primary N) is 1. The quantitative estimate of drug-likeness (QED) is 0.121. The summed E-state index contributed by atoms with van der Waals surface area (Å²) in [6.45, 7) is 9.95. The summed E-state index contributed by atoms with van der Waals surface area (Å²) in [5, 5.41) is 11.1. The summed E-state index contributed by atoms with van der Waals surface area (Å²) in [5.74, 6) is -0.267. The molecule has 0 saturated heterocycles. The second kappa shape index (κ2) is 16.7. The maximum atomic E-state index is 12.7. The van der Waals surface area contributed by atoms with Crippen molar-refractivity contribution in [1.29, 1.82) is 5.41 Å². The maximum absolute atomic E-state index is 12.7. The second-order valence-corrected chi connectivity index (χ2v) is 9.03. The van der Waals surface area contributed by atoms with E-state index in [2.05, 4.69) is 29.1 Å². The number of hydrogen-bond donors (Lipinski definition) is 3. The van der Waals surface area contributed by atoms with E-state index < -0.39 is 0 Å². The van der Waals surface area contributed by atoms with Crippen molar-refractivity contribution in [2.24, 2.45) is 10.7 Å². The molecule has 0 aliphatic heterocycles. The Labute approximate surface area is 209 Å². The summed E-state index contributed by atoms with van der Waals surface area (Å²) >= 11 is 11.9. The number of nitrogens with zero attached hydrogens (tertiary/aromatic N) is 2. The first-order valence-corrected chi connectivity index (χ1v) is 12.6. The Kier molecular flexibility index (Phi) is 14.7. The van der Waals surface area contributed by atoms with Crippen molar-refractivity contribution in [3.8, 4) is 0 Å². The third-order valence-corrected chi connectivity index (χ3v) is 6.09. The number of allylic oxidation sites excluding steroid dienone is 1. The topological polar surface area (TPSA) is 94.6 Å². The van der Waals surface area contributed by atoms with E-state index in [1.807, 2.05) is 0 Å². The van der Waals surface area contributed by atoms with Crippen LogP contribution in [0.2, 0.25) is 10.0 Å². The van der Waals surface area contributed by atoms with E-state index in [1.54, 1.807) is 25.1 Å². The van der Waals surface area contributed by atoms with Crippen LogP contribution in [0.4, 0.5) is 0 Å². The maximum Gasteiger partial charge on any atom is 0.254 e. The number of nitrogens with one attached hydrogen (secondary N) is 2. The second-order valence-electron chi connectivity index (χ2n) is 8.22. The number of unbranched alkanes of at least 4 members (excludes halogenated alkanes) is 3. The summed E-state index contributed by atoms with van der Waals surface area (Å²) in [6.07, 6.45) is 8.45. The minimum absolute atomic E-state index is 0.0355. The van der Waals surface area contributed by atoms with Gasteiger partial charge in [0.15, 0.2) is 5.96 Å². The molecule has 184 valence electrons. The van der Waals surface area contributed by atoms with Crippen LogP contribution in [0, 0.1) is 5.41 Å². The SMILES string of the molecule is CCCN(CCC)CCCCCC/C(C(=O)NC(N)=NCc1ccc(Cl)c(Cl)c1)=C(/C)C=N. The molecule has 1 amide bonds. The third-order valence-electron chi connectivity index (χ3n) is 5.35. The monoisotopic (exact) mass is 495 g/mol. The number of amides is 1. The van der Waals surface area contributed by atoms with Crippen LogP contribution < -0.4 is 11.1 Å². The first-order valence-electron chi connectivity index (χ1n) is 11.8. The van der Waals surface area contributed by atoms with E-state index >= 15 is 0 Å². The van der Waals surface area contributed by atoms with Crippen LogP contribution in [0.1, 0.15) is 71.3 Å². The summed E-state index contributed by atoms with van der Waals surface area (Å²) < 4.78 is 0. The molecule has 8 heteroatoms. The fraction of sp³-hybridized carbons (Fsp3) is 0.560. The summed E-state index contributed by atoms with van der Waals surface area (Å²) in [7, 11) is 0. The number of rotatable bonds is 15. The number of aliphatic imine (C=N–C) groups is 1. The molecule has 6 nitrogen and oxygen atoms in total. The lowest BCUT2D eigenvalue weighted by Crippen LogP contribution is -2.38. The van der Waals surface area contributed by atoms with E-state index in [0.717, 1.165) is 44.5 Å². The van der Waals surface area contributed by atoms with Gasteiger partial charge in [-0.3, -0.25) is 10.1 Å². The molecule has 33 heavy (non-hydrogen) atoms. The number of carbonyl (C=O) groups excluding carboxylic acids is 1. The van der Waals surface area contributed by atoms with Crippen LogP contribution in [0.15, 0.2) is 34.3 Å². The molecule has 0 spiro atoms. The lowest BCUT2D eigenvalue weighted by molar-refractivity contribution is -0.116. The van der Waals surface area contributed by atoms with Gasteiger partial charge in [0, 0.05) is 11.8 Å². The zero-order valence-electron chi connectivity index (χ0n) is 20.2. The molecule has 0 atom stereocenters. The predicted molar refractivity (Wildman–Crippen MR) is 142 cm³/mol. The molecular weight excluding hydrogens is 457 g/mol. The molecule has 0 aromatic heterocycles. The number of halogens is 2. The molecule has 0 aliphatic carbocycles. The van der Waals surface area contributed by atoms with Gasteiger partial charge in [-0.25, -0.2) is 4.99 Å². The summed E-state index contributed by atoms with van der Waals surface area (Å²) in [4.78, 5) is 19.5. The summed E-state index contributed by atoms with van der Waals surface area (Å²) in [5.41, 5.74) is 7.97. The highest BCUT2D eigenvalue weighted by atomic mass is 35.5. The van der Waals surface area contributed by atoms with Gasteiger partial charge in [-0.2, -0.15) is 0 Å². The number of carbonyl (C=O) groups is 1. The highest BCUT2D eigenvalue weighted by Gasteiger charge is 2.13. The van der Waals surface area contributed by atoms with Crippen LogP contribution in [-0.4, -0.2) is 42.6 Å². The van der Waals surface area contributed by atoms with Crippen molar-refractivity contribution < 1.29 is 4.79 Å². The predicted octanol–water partition coefficient (Wildman–Crippen LogP) is 5.96. The molecule has 4 N–H and O–H groups in total. The summed E-state index contributed by atoms with van der Waals surface area (Å²) in [6, 6.07) is 5.22. The number of benzene rings is 1. The van der Waals surface area contributed by atoms with Crippen LogP contribution in [0.5, 0.6) is 0 Å². The smallest absolute Gasteiger partial charge is 0.254 e. The normalized spacial score (nSPS) is 12.6. The molecule has 0 aliphatic rings. The molecular formula is C25H39Cl2N5O. The Morgan fingerprint density at radius 3 is 2.36 bits per heavy atom. The van der Waals surface area contributed by atoms with Crippen LogP contribution >= 0.6 is 23.2 Å². The minimum atomic E-state index is -0.302. The van der Waals surface area contributed by atoms with Gasteiger partial charge in [0.05, 0.1) is 16.6 Å². The van der Waals surface area contributed by atoms with Crippen molar-refractivity contribution >= 4 is 41.3 Å². The molecule has 0 unspecified atom stereocenters. The van der Waals surface area contributed by atoms with Gasteiger partial charge >= 0.3 is 0 Å². The lowest BCUT2D eigenvalue weighted by Gasteiger charge is -2.20. The fourth-order valence-corrected chi connectivity index (χ4v) is 3.90. The Morgan fingerprint density at radius 1 is 1.09 bits per heavy atom. The molecule has 0 fully saturated rings. The Morgan fingerprint density at radius 2 is 1.76 bits per heavy atom. The van der Waals surface area contributed by atoms with Gasteiger partial charge in [-0.1, -0.05) is 56.0 Å². The largest absolute Gasteiger partial charge is 0.370 e. The van der Waals surface area contributed by atoms with Gasteiger partial charge in [0.2, 0.25) is 0 Å². The zero-order valence-corrected chi connectivity index (χ0v) is 21.7. The fourth-order valence-electron chi connectivity index (χ4n) is 3.58. The molecule has 0 saturated carbocycles. The van der Waals surface area contributed by atoms with Crippen molar-refractivity contribution in [1.82, 2.24) is 10.2 Å². The van der Waals surface area contributed by atoms with Gasteiger partial charge in [-0.05, 0) is 81.9 Å². The van der Waals surface area contributed by atoms with Gasteiger partial charge < -0.3 is 16.0 Å². The molecule has 0 bridgehead atoms. The number of hydrogen-bond acceptors (Lipinski definition) is 4. The lowest BCUT2D eigenvalue weighted by atomic mass is 10.0. The molecule has 0 heterocycles. The Bertz CT molecular complexity index is 817. The van der Waals surface area contributed by atoms with Crippen molar-refractivity contribution in [3.05, 3.63) is 45.0 Å². The van der Waals surface area contributed by atoms with Gasteiger partial charge in [0.1, 0.15) is 0 Å². The average molecular weight is 497 g/mol. The molecule has 1 aromatic carbocycles. The minimum Gasteiger partial charge on any atom is -0.370 e. The van der Waals surface area contributed by atoms with Crippen molar-refractivity contribution in [2.75, 3.05) is 19.6 Å². The van der Waals surface area contributed by atoms with Crippen LogP contribution in [0.25, 0.3) is 0 Å². The molecule has 1 rings (SSSR count). The highest BCUT2D eigenvalue weighted by Crippen LogP contribution is 2.22. The van der Waals surface area contributed by atoms with E-state index in [1.165, 1.54) is 25.5 Å². The van der Waals surface area contributed by atoms with E-state index in [9.17, 15) is 4.79 Å². The zero-order chi connectivity index (χ0) is 24.6. The third kappa shape index (κ3) is 11.7. The molecule has 1 aromatic rings. The first-order chi connectivity index (χ1) is 15.8. The Hall–Kier alpha value is -1.89. The standard InChI is InChI=1S/C25H39Cl2N5O/c1-4-13-32(14-5-2)15-9-7-6-8-10-21(19(3)17-28)24(33)31-25(29)30-18-20-11-12-22(26)23(27)16-20/h11-12,16-17,28H,4-10,13-15,18H2,1-3H3,(H3,29,30,31,33)/b21-19+,28-17?. The van der Waals surface area contributed by atoms with Crippen molar-refractivity contribution in [2.45, 2.75) is 72.3 Å². The van der Waals surface area contributed by atoms with Crippen molar-refractivity contribution in [3.63, 3.8) is 0 Å². The van der Waals surface area contributed by atoms with Gasteiger partial charge in [-0.15, -0.1) is 0 Å². The molecule has 0 radical (unpaired) electrons. The van der Waals surface area contributed by atoms with E-state index in [4.69, 9.17) is 34.3 Å². The van der Waals surface area contributed by atoms with E-state index in [-0.39, 0.29) is 18.4 Å².